The van der Waals surface area contributed by atoms with Crippen LogP contribution >= 0.6 is 0 Å². The highest BCUT2D eigenvalue weighted by Gasteiger charge is 2.77. The fourth-order valence-electron chi connectivity index (χ4n) is 7.75. The first kappa shape index (κ1) is 24.8. The maximum Gasteiger partial charge on any atom is 0.509 e. The highest BCUT2D eigenvalue weighted by molar-refractivity contribution is 6.10. The minimum Gasteiger partial charge on any atom is -0.434 e. The number of hydrogen-bond acceptors (Lipinski definition) is 7. The van der Waals surface area contributed by atoms with Gasteiger partial charge in [0.1, 0.15) is 0 Å². The second kappa shape index (κ2) is 7.83. The molecule has 34 heavy (non-hydrogen) atoms. The second-order valence-electron chi connectivity index (χ2n) is 10.9. The predicted molar refractivity (Wildman–Crippen MR) is 119 cm³/mol. The normalized spacial score (nSPS) is 45.1. The Balaban J connectivity index is 1.82. The fourth-order valence-corrected chi connectivity index (χ4v) is 7.75. The number of aliphatic hydroxyl groups is 1. The van der Waals surface area contributed by atoms with Gasteiger partial charge in [-0.05, 0) is 51.2 Å². The molecule has 7 nitrogen and oxygen atoms in total. The molecule has 0 bridgehead atoms. The quantitative estimate of drug-likeness (QED) is 0.617. The van der Waals surface area contributed by atoms with Crippen LogP contribution in [0.15, 0.2) is 23.8 Å². The van der Waals surface area contributed by atoms with Crippen molar-refractivity contribution in [1.82, 2.24) is 0 Å². The van der Waals surface area contributed by atoms with E-state index in [9.17, 15) is 24.3 Å². The van der Waals surface area contributed by atoms with E-state index in [1.165, 1.54) is 25.2 Å². The molecule has 1 N–H and O–H groups in total. The lowest BCUT2D eigenvalue weighted by atomic mass is 9.44. The standard InChI is InChI=1S/C26H33FO7/c1-6-9-33-22(32)34-26(15(3)28)14(2)10-17-18-12-20(30)19-11-16(29)7-8-23(19,4)25(18,27)21(31)13-24(17,26)5/h7-8,11,14,17-18,21,31H,6,9-10,12-13H2,1-5H3/t14-,17-,18-,21-,23-,24-,25-,26-/m0/s1. The van der Waals surface area contributed by atoms with E-state index in [0.717, 1.165) is 0 Å². The molecule has 0 aliphatic heterocycles. The van der Waals surface area contributed by atoms with Crippen molar-refractivity contribution in [3.8, 4) is 0 Å². The first-order valence-electron chi connectivity index (χ1n) is 12.0. The van der Waals surface area contributed by atoms with Crippen molar-refractivity contribution >= 4 is 23.5 Å². The first-order valence-corrected chi connectivity index (χ1v) is 12.0. The van der Waals surface area contributed by atoms with Crippen molar-refractivity contribution < 1.29 is 38.1 Å². The van der Waals surface area contributed by atoms with Crippen LogP contribution in [-0.4, -0.2) is 52.6 Å². The number of halogens is 1. The van der Waals surface area contributed by atoms with Crippen molar-refractivity contribution in [2.45, 2.75) is 77.7 Å². The van der Waals surface area contributed by atoms with Gasteiger partial charge in [0.15, 0.2) is 28.6 Å². The average molecular weight is 477 g/mol. The Morgan fingerprint density at radius 2 is 1.91 bits per heavy atom. The molecule has 4 rings (SSSR count). The van der Waals surface area contributed by atoms with Crippen LogP contribution < -0.4 is 0 Å². The van der Waals surface area contributed by atoms with E-state index in [-0.39, 0.29) is 36.6 Å². The monoisotopic (exact) mass is 476 g/mol. The van der Waals surface area contributed by atoms with Crippen molar-refractivity contribution in [2.75, 3.05) is 6.61 Å². The van der Waals surface area contributed by atoms with E-state index in [2.05, 4.69) is 0 Å². The number of ether oxygens (including phenoxy) is 2. The summed E-state index contributed by atoms with van der Waals surface area (Å²) in [5, 5.41) is 11.4. The zero-order valence-corrected chi connectivity index (χ0v) is 20.4. The number of Topliss-reactive ketones (excluding diaryl/α,β-unsaturated/α-hetero) is 2. The summed E-state index contributed by atoms with van der Waals surface area (Å²) in [6, 6.07) is 0. The molecular weight excluding hydrogens is 443 g/mol. The minimum absolute atomic E-state index is 0.0738. The summed E-state index contributed by atoms with van der Waals surface area (Å²) in [7, 11) is 0. The molecule has 0 spiro atoms. The first-order chi connectivity index (χ1) is 15.8. The van der Waals surface area contributed by atoms with Gasteiger partial charge in [0.05, 0.1) is 18.1 Å². The lowest BCUT2D eigenvalue weighted by Crippen LogP contribution is -2.70. The van der Waals surface area contributed by atoms with Gasteiger partial charge in [-0.15, -0.1) is 0 Å². The maximum absolute atomic E-state index is 17.2. The molecule has 0 aromatic carbocycles. The Labute approximate surface area is 198 Å². The third-order valence-corrected chi connectivity index (χ3v) is 9.22. The highest BCUT2D eigenvalue weighted by Crippen LogP contribution is 2.71. The summed E-state index contributed by atoms with van der Waals surface area (Å²) in [4.78, 5) is 50.8. The number of hydrogen-bond donors (Lipinski definition) is 1. The van der Waals surface area contributed by atoms with E-state index in [4.69, 9.17) is 9.47 Å². The van der Waals surface area contributed by atoms with Crippen LogP contribution in [0.25, 0.3) is 0 Å². The van der Waals surface area contributed by atoms with Crippen LogP contribution in [0.5, 0.6) is 0 Å². The van der Waals surface area contributed by atoms with Gasteiger partial charge in [0, 0.05) is 29.2 Å². The summed E-state index contributed by atoms with van der Waals surface area (Å²) in [5.74, 6) is -3.05. The van der Waals surface area contributed by atoms with Gasteiger partial charge in [0.2, 0.25) is 0 Å². The van der Waals surface area contributed by atoms with Crippen LogP contribution in [0.1, 0.15) is 60.3 Å². The van der Waals surface area contributed by atoms with Gasteiger partial charge in [-0.3, -0.25) is 14.4 Å². The SMILES string of the molecule is CCCOC(=O)O[C@]1(C(C)=O)[C@@H](C)C[C@H]2[C@@H]3CC(=O)C4=CC(=O)C=C[C@]4(C)[C@@]3(F)[C@@H](O)C[C@@]21C. The molecule has 0 aromatic heterocycles. The maximum atomic E-state index is 17.2. The topological polar surface area (TPSA) is 107 Å². The molecule has 186 valence electrons. The van der Waals surface area contributed by atoms with Gasteiger partial charge in [-0.25, -0.2) is 9.18 Å². The number of allylic oxidation sites excluding steroid dienone is 4. The Kier molecular flexibility index (Phi) is 5.71. The molecular formula is C26H33FO7. The molecule has 0 heterocycles. The average Bonchev–Trinajstić information content (AvgIpc) is 2.98. The largest absolute Gasteiger partial charge is 0.509 e. The second-order valence-corrected chi connectivity index (χ2v) is 10.9. The Morgan fingerprint density at radius 3 is 2.53 bits per heavy atom. The number of alkyl halides is 1. The molecule has 0 saturated heterocycles. The lowest BCUT2D eigenvalue weighted by molar-refractivity contribution is -0.219. The number of fused-ring (bicyclic) bond motifs is 5. The van der Waals surface area contributed by atoms with Crippen LogP contribution in [-0.2, 0) is 23.9 Å². The summed E-state index contributed by atoms with van der Waals surface area (Å²) in [6.45, 7) is 8.38. The Morgan fingerprint density at radius 1 is 1.24 bits per heavy atom. The van der Waals surface area contributed by atoms with Gasteiger partial charge in [-0.1, -0.05) is 26.8 Å². The number of rotatable bonds is 4. The molecule has 0 aromatic rings. The molecule has 3 fully saturated rings. The summed E-state index contributed by atoms with van der Waals surface area (Å²) in [6.07, 6.45) is 1.86. The predicted octanol–water partition coefficient (Wildman–Crippen LogP) is 3.67. The summed E-state index contributed by atoms with van der Waals surface area (Å²) >= 11 is 0. The number of carbonyl (C=O) groups excluding carboxylic acids is 4. The van der Waals surface area contributed by atoms with Crippen molar-refractivity contribution in [3.05, 3.63) is 23.8 Å². The van der Waals surface area contributed by atoms with E-state index in [0.29, 0.717) is 12.8 Å². The van der Waals surface area contributed by atoms with Gasteiger partial charge in [-0.2, -0.15) is 0 Å². The molecule has 8 atom stereocenters. The lowest BCUT2D eigenvalue weighted by Gasteiger charge is -2.62. The van der Waals surface area contributed by atoms with Gasteiger partial charge in [0.25, 0.3) is 0 Å². The van der Waals surface area contributed by atoms with Crippen molar-refractivity contribution in [3.63, 3.8) is 0 Å². The Bertz CT molecular complexity index is 1020. The minimum atomic E-state index is -2.23. The molecule has 4 aliphatic carbocycles. The van der Waals surface area contributed by atoms with Gasteiger partial charge < -0.3 is 14.6 Å². The molecule has 0 unspecified atom stereocenters. The summed E-state index contributed by atoms with van der Waals surface area (Å²) in [5.41, 5.74) is -6.38. The third kappa shape index (κ3) is 2.90. The van der Waals surface area contributed by atoms with Crippen LogP contribution in [0, 0.1) is 28.6 Å². The molecule has 4 aliphatic rings. The van der Waals surface area contributed by atoms with E-state index >= 15 is 4.39 Å². The fraction of sp³-hybridized carbons (Fsp3) is 0.692. The van der Waals surface area contributed by atoms with Crippen LogP contribution in [0.3, 0.4) is 0 Å². The zero-order valence-electron chi connectivity index (χ0n) is 20.4. The molecule has 3 saturated carbocycles. The molecule has 0 amide bonds. The van der Waals surface area contributed by atoms with E-state index in [1.54, 1.807) is 20.8 Å². The number of ketones is 3. The molecule has 0 radical (unpaired) electrons. The van der Waals surface area contributed by atoms with Crippen molar-refractivity contribution in [1.29, 1.82) is 0 Å². The molecule has 8 heteroatoms. The number of aliphatic hydroxyl groups excluding tert-OH is 1. The van der Waals surface area contributed by atoms with E-state index < -0.39 is 57.9 Å². The highest BCUT2D eigenvalue weighted by atomic mass is 19.1. The van der Waals surface area contributed by atoms with Crippen molar-refractivity contribution in [2.24, 2.45) is 28.6 Å². The van der Waals surface area contributed by atoms with E-state index in [1.807, 2.05) is 6.92 Å². The Hall–Kier alpha value is -2.35. The number of carbonyl (C=O) groups is 4. The zero-order chi connectivity index (χ0) is 25.3. The summed E-state index contributed by atoms with van der Waals surface area (Å²) < 4.78 is 28.1. The van der Waals surface area contributed by atoms with Crippen LogP contribution in [0.2, 0.25) is 0 Å². The van der Waals surface area contributed by atoms with Gasteiger partial charge >= 0.3 is 6.16 Å². The third-order valence-electron chi connectivity index (χ3n) is 9.22. The van der Waals surface area contributed by atoms with Crippen LogP contribution in [0.4, 0.5) is 9.18 Å². The smallest absolute Gasteiger partial charge is 0.434 e.